The Balaban J connectivity index is 4.31. The van der Waals surface area contributed by atoms with E-state index in [0.29, 0.717) is 6.42 Å². The van der Waals surface area contributed by atoms with E-state index < -0.39 is 11.5 Å². The fourth-order valence-corrected chi connectivity index (χ4v) is 0.595. The highest BCUT2D eigenvalue weighted by molar-refractivity contribution is 5.80. The van der Waals surface area contributed by atoms with Crippen LogP contribution in [-0.2, 0) is 9.53 Å². The Kier molecular flexibility index (Phi) is 3.50. The van der Waals surface area contributed by atoms with Crippen LogP contribution in [0.15, 0.2) is 5.29 Å². The van der Waals surface area contributed by atoms with E-state index in [9.17, 15) is 9.70 Å². The molecule has 64 valence electrons. The summed E-state index contributed by atoms with van der Waals surface area (Å²) in [7, 11) is 1.27. The minimum Gasteiger partial charge on any atom is -0.467 e. The molecule has 0 bridgehead atoms. The summed E-state index contributed by atoms with van der Waals surface area (Å²) in [6.45, 7) is 3.31. The van der Waals surface area contributed by atoms with E-state index in [1.165, 1.54) is 7.11 Å². The third-order valence-electron chi connectivity index (χ3n) is 1.64. The van der Waals surface area contributed by atoms with Crippen LogP contribution in [0, 0.1) is 4.91 Å². The average Bonchev–Trinajstić information content (AvgIpc) is 2.03. The molecule has 0 saturated heterocycles. The molecule has 0 fully saturated rings. The fourth-order valence-electron chi connectivity index (χ4n) is 0.595. The van der Waals surface area contributed by atoms with Gasteiger partial charge in [0.25, 0.3) is 0 Å². The molecule has 0 amide bonds. The van der Waals surface area contributed by atoms with E-state index in [1.54, 1.807) is 13.8 Å². The zero-order chi connectivity index (χ0) is 8.91. The molecule has 5 heteroatoms. The quantitative estimate of drug-likeness (QED) is 0.371. The topological polar surface area (TPSA) is 67.8 Å². The second-order valence-electron chi connectivity index (χ2n) is 2.38. The molecule has 1 N–H and O–H groups in total. The van der Waals surface area contributed by atoms with Crippen molar-refractivity contribution < 1.29 is 9.53 Å². The standard InChI is InChI=1S/C6H12N2O3/c1-4-6(2,7-8-10)5(9)11-3/h4H2,1-3H3,(H,7,10). The molecule has 5 nitrogen and oxygen atoms in total. The van der Waals surface area contributed by atoms with Crippen molar-refractivity contribution >= 4 is 5.97 Å². The fraction of sp³-hybridized carbons (Fsp3) is 0.833. The summed E-state index contributed by atoms with van der Waals surface area (Å²) in [6.07, 6.45) is 0.450. The van der Waals surface area contributed by atoms with Gasteiger partial charge in [-0.25, -0.2) is 4.79 Å². The highest BCUT2D eigenvalue weighted by Gasteiger charge is 2.32. The maximum Gasteiger partial charge on any atom is 0.332 e. The number of hydrogen-bond acceptors (Lipinski definition) is 4. The molecular weight excluding hydrogens is 148 g/mol. The second kappa shape index (κ2) is 3.90. The molecule has 0 radical (unpaired) electrons. The summed E-state index contributed by atoms with van der Waals surface area (Å²) in [6, 6.07) is 0. The number of nitrogens with zero attached hydrogens (tertiary/aromatic N) is 1. The number of nitroso groups, excluding NO2 is 1. The minimum absolute atomic E-state index is 0.450. The van der Waals surface area contributed by atoms with Crippen molar-refractivity contribution in [2.75, 3.05) is 7.11 Å². The van der Waals surface area contributed by atoms with Crippen LogP contribution in [0.25, 0.3) is 0 Å². The molecule has 0 saturated carbocycles. The van der Waals surface area contributed by atoms with Gasteiger partial charge in [0.1, 0.15) is 0 Å². The molecule has 11 heavy (non-hydrogen) atoms. The Bertz CT molecular complexity index is 160. The second-order valence-corrected chi connectivity index (χ2v) is 2.38. The normalized spacial score (nSPS) is 14.8. The smallest absolute Gasteiger partial charge is 0.332 e. The minimum atomic E-state index is -0.990. The SMILES string of the molecule is CCC(C)(NN=O)C(=O)OC. The molecule has 1 unspecified atom stereocenters. The summed E-state index contributed by atoms with van der Waals surface area (Å²) in [5.41, 5.74) is 1.16. The summed E-state index contributed by atoms with van der Waals surface area (Å²) in [4.78, 5) is 20.8. The first-order chi connectivity index (χ1) is 5.10. The van der Waals surface area contributed by atoms with Gasteiger partial charge in [-0.15, -0.1) is 4.91 Å². The van der Waals surface area contributed by atoms with Crippen molar-refractivity contribution in [2.45, 2.75) is 25.8 Å². The molecule has 0 aromatic rings. The van der Waals surface area contributed by atoms with E-state index in [2.05, 4.69) is 15.4 Å². The monoisotopic (exact) mass is 160 g/mol. The first-order valence-corrected chi connectivity index (χ1v) is 3.28. The Hall–Kier alpha value is -1.13. The number of carbonyl (C=O) groups is 1. The van der Waals surface area contributed by atoms with Crippen LogP contribution in [0.4, 0.5) is 0 Å². The van der Waals surface area contributed by atoms with Crippen molar-refractivity contribution in [3.63, 3.8) is 0 Å². The highest BCUT2D eigenvalue weighted by Crippen LogP contribution is 2.10. The van der Waals surface area contributed by atoms with E-state index in [-0.39, 0.29) is 0 Å². The molecule has 1 atom stereocenters. The largest absolute Gasteiger partial charge is 0.467 e. The number of ether oxygens (including phenoxy) is 1. The summed E-state index contributed by atoms with van der Waals surface area (Å²) >= 11 is 0. The Morgan fingerprint density at radius 2 is 2.27 bits per heavy atom. The van der Waals surface area contributed by atoms with Gasteiger partial charge in [0.2, 0.25) is 0 Å². The van der Waals surface area contributed by atoms with Crippen LogP contribution in [0.5, 0.6) is 0 Å². The third-order valence-corrected chi connectivity index (χ3v) is 1.64. The van der Waals surface area contributed by atoms with Crippen molar-refractivity contribution in [2.24, 2.45) is 5.29 Å². The van der Waals surface area contributed by atoms with Crippen molar-refractivity contribution in [1.29, 1.82) is 0 Å². The predicted molar refractivity (Wildman–Crippen MR) is 39.6 cm³/mol. The van der Waals surface area contributed by atoms with E-state index in [1.807, 2.05) is 0 Å². The van der Waals surface area contributed by atoms with E-state index in [0.717, 1.165) is 0 Å². The molecule has 0 aromatic carbocycles. The summed E-state index contributed by atoms with van der Waals surface area (Å²) < 4.78 is 4.46. The first-order valence-electron chi connectivity index (χ1n) is 3.28. The van der Waals surface area contributed by atoms with Crippen LogP contribution >= 0.6 is 0 Å². The Morgan fingerprint density at radius 1 is 1.73 bits per heavy atom. The number of carbonyl (C=O) groups excluding carboxylic acids is 1. The van der Waals surface area contributed by atoms with Crippen molar-refractivity contribution in [1.82, 2.24) is 5.43 Å². The zero-order valence-corrected chi connectivity index (χ0v) is 6.88. The van der Waals surface area contributed by atoms with Gasteiger partial charge in [-0.3, -0.25) is 5.43 Å². The number of methoxy groups -OCH3 is 1. The lowest BCUT2D eigenvalue weighted by molar-refractivity contribution is -0.148. The molecule has 0 aromatic heterocycles. The third kappa shape index (κ3) is 2.18. The van der Waals surface area contributed by atoms with Gasteiger partial charge in [0.05, 0.1) is 12.4 Å². The number of nitrogens with one attached hydrogen (secondary N) is 1. The Labute approximate surface area is 65.1 Å². The lowest BCUT2D eigenvalue weighted by Crippen LogP contribution is -2.46. The van der Waals surface area contributed by atoms with Crippen LogP contribution < -0.4 is 5.43 Å². The molecule has 0 rings (SSSR count). The summed E-state index contributed by atoms with van der Waals surface area (Å²) in [5, 5.41) is 2.45. The zero-order valence-electron chi connectivity index (χ0n) is 6.88. The van der Waals surface area contributed by atoms with Crippen molar-refractivity contribution in [3.05, 3.63) is 4.91 Å². The molecular formula is C6H12N2O3. The lowest BCUT2D eigenvalue weighted by Gasteiger charge is -2.22. The Morgan fingerprint density at radius 3 is 2.55 bits per heavy atom. The molecule has 0 aliphatic heterocycles. The van der Waals surface area contributed by atoms with E-state index >= 15 is 0 Å². The average molecular weight is 160 g/mol. The molecule has 0 aliphatic carbocycles. The number of hydrogen-bond donors (Lipinski definition) is 1. The molecule has 0 spiro atoms. The summed E-state index contributed by atoms with van der Waals surface area (Å²) in [5.74, 6) is -0.486. The van der Waals surface area contributed by atoms with Crippen LogP contribution in [0.1, 0.15) is 20.3 Å². The maximum atomic E-state index is 11.0. The van der Waals surface area contributed by atoms with E-state index in [4.69, 9.17) is 0 Å². The lowest BCUT2D eigenvalue weighted by atomic mass is 10.0. The van der Waals surface area contributed by atoms with Crippen LogP contribution in [0.2, 0.25) is 0 Å². The van der Waals surface area contributed by atoms with Crippen LogP contribution in [0.3, 0.4) is 0 Å². The molecule has 0 aliphatic rings. The van der Waals surface area contributed by atoms with Gasteiger partial charge < -0.3 is 4.74 Å². The van der Waals surface area contributed by atoms with Gasteiger partial charge in [-0.1, -0.05) is 6.92 Å². The predicted octanol–water partition coefficient (Wildman–Crippen LogP) is 0.599. The van der Waals surface area contributed by atoms with Crippen molar-refractivity contribution in [3.8, 4) is 0 Å². The number of esters is 1. The van der Waals surface area contributed by atoms with Gasteiger partial charge in [0, 0.05) is 0 Å². The van der Waals surface area contributed by atoms with Gasteiger partial charge in [0.15, 0.2) is 5.54 Å². The maximum absolute atomic E-state index is 11.0. The highest BCUT2D eigenvalue weighted by atomic mass is 16.5. The van der Waals surface area contributed by atoms with Crippen LogP contribution in [-0.4, -0.2) is 18.6 Å². The van der Waals surface area contributed by atoms with Gasteiger partial charge in [-0.2, -0.15) is 0 Å². The number of rotatable bonds is 4. The van der Waals surface area contributed by atoms with Gasteiger partial charge >= 0.3 is 5.97 Å². The van der Waals surface area contributed by atoms with Gasteiger partial charge in [-0.05, 0) is 13.3 Å². The first kappa shape index (κ1) is 9.87. The molecule has 0 heterocycles.